The van der Waals surface area contributed by atoms with Crippen LogP contribution < -0.4 is 5.73 Å². The third-order valence-electron chi connectivity index (χ3n) is 4.10. The number of hydrogen-bond acceptors (Lipinski definition) is 2. The number of nitrogens with zero attached hydrogens (tertiary/aromatic N) is 2. The summed E-state index contributed by atoms with van der Waals surface area (Å²) in [5, 5.41) is 4.31. The Bertz CT molecular complexity index is 719. The van der Waals surface area contributed by atoms with E-state index >= 15 is 0 Å². The monoisotopic (exact) mass is 295 g/mol. The van der Waals surface area contributed by atoms with Crippen LogP contribution in [-0.4, -0.2) is 9.78 Å². The predicted molar refractivity (Wildman–Crippen MR) is 73.8 cm³/mol. The van der Waals surface area contributed by atoms with Crippen LogP contribution >= 0.6 is 0 Å². The highest BCUT2D eigenvalue weighted by molar-refractivity contribution is 5.54. The Morgan fingerprint density at radius 1 is 1.14 bits per heavy atom. The molecule has 0 radical (unpaired) electrons. The normalized spacial score (nSPS) is 16.8. The summed E-state index contributed by atoms with van der Waals surface area (Å²) < 4.78 is 41.5. The molecule has 2 aromatic rings. The molecule has 0 spiro atoms. The number of hydrogen-bond donors (Lipinski definition) is 1. The lowest BCUT2D eigenvalue weighted by Crippen LogP contribution is -2.24. The van der Waals surface area contributed by atoms with Crippen molar-refractivity contribution in [3.8, 4) is 5.69 Å². The fourth-order valence-corrected chi connectivity index (χ4v) is 3.07. The van der Waals surface area contributed by atoms with Gasteiger partial charge < -0.3 is 5.73 Å². The molecule has 0 atom stereocenters. The van der Waals surface area contributed by atoms with Crippen LogP contribution in [0.5, 0.6) is 0 Å². The fraction of sp³-hybridized carbons (Fsp3) is 0.400. The SMILES string of the molecule is CC1(C)CCCc2nn(-c3cc(F)c(F)cc3F)c(N)c21. The van der Waals surface area contributed by atoms with Gasteiger partial charge in [0.15, 0.2) is 17.5 Å². The summed E-state index contributed by atoms with van der Waals surface area (Å²) in [5.74, 6) is -2.96. The fourth-order valence-electron chi connectivity index (χ4n) is 3.07. The summed E-state index contributed by atoms with van der Waals surface area (Å²) in [5.41, 5.74) is 7.45. The summed E-state index contributed by atoms with van der Waals surface area (Å²) in [6, 6.07) is 1.29. The van der Waals surface area contributed by atoms with E-state index < -0.39 is 17.5 Å². The van der Waals surface area contributed by atoms with Crippen LogP contribution in [0.2, 0.25) is 0 Å². The number of nitrogen functional groups attached to an aromatic ring is 1. The lowest BCUT2D eigenvalue weighted by Gasteiger charge is -2.29. The molecule has 3 nitrogen and oxygen atoms in total. The van der Waals surface area contributed by atoms with Crippen LogP contribution in [0, 0.1) is 17.5 Å². The molecule has 0 saturated heterocycles. The molecule has 0 aliphatic heterocycles. The minimum absolute atomic E-state index is 0.162. The number of nitrogens with two attached hydrogens (primary N) is 1. The molecule has 1 aromatic heterocycles. The van der Waals surface area contributed by atoms with Gasteiger partial charge in [-0.15, -0.1) is 0 Å². The highest BCUT2D eigenvalue weighted by Crippen LogP contribution is 2.40. The minimum Gasteiger partial charge on any atom is -0.383 e. The van der Waals surface area contributed by atoms with Crippen molar-refractivity contribution in [2.75, 3.05) is 5.73 Å². The van der Waals surface area contributed by atoms with Crippen molar-refractivity contribution in [3.05, 3.63) is 40.8 Å². The Kier molecular flexibility index (Phi) is 3.00. The number of aryl methyl sites for hydroxylation is 1. The average molecular weight is 295 g/mol. The van der Waals surface area contributed by atoms with Gasteiger partial charge in [-0.3, -0.25) is 0 Å². The number of halogens is 3. The maximum absolute atomic E-state index is 13.9. The molecule has 112 valence electrons. The molecule has 1 aromatic carbocycles. The van der Waals surface area contributed by atoms with Crippen LogP contribution in [0.15, 0.2) is 12.1 Å². The standard InChI is InChI=1S/C15H16F3N3/c1-15(2)5-3-4-11-13(15)14(19)21(20-11)12-7-9(17)8(16)6-10(12)18/h6-7H,3-5,19H2,1-2H3. The zero-order valence-corrected chi connectivity index (χ0v) is 11.9. The molecule has 2 N–H and O–H groups in total. The first kappa shape index (κ1) is 14.0. The Labute approximate surface area is 120 Å². The topological polar surface area (TPSA) is 43.8 Å². The van der Waals surface area contributed by atoms with E-state index in [0.717, 1.165) is 36.6 Å². The van der Waals surface area contributed by atoms with Gasteiger partial charge >= 0.3 is 0 Å². The van der Waals surface area contributed by atoms with Crippen molar-refractivity contribution < 1.29 is 13.2 Å². The van der Waals surface area contributed by atoms with Crippen LogP contribution in [0.1, 0.15) is 37.9 Å². The summed E-state index contributed by atoms with van der Waals surface area (Å²) in [7, 11) is 0. The lowest BCUT2D eigenvalue weighted by atomic mass is 9.75. The van der Waals surface area contributed by atoms with Crippen LogP contribution in [0.25, 0.3) is 5.69 Å². The predicted octanol–water partition coefficient (Wildman–Crippen LogP) is 3.49. The Morgan fingerprint density at radius 3 is 2.48 bits per heavy atom. The van der Waals surface area contributed by atoms with Crippen molar-refractivity contribution >= 4 is 5.82 Å². The number of anilines is 1. The molecule has 1 aliphatic carbocycles. The molecule has 3 rings (SSSR count). The molecule has 21 heavy (non-hydrogen) atoms. The van der Waals surface area contributed by atoms with E-state index in [1.165, 1.54) is 4.68 Å². The van der Waals surface area contributed by atoms with Gasteiger partial charge in [-0.25, -0.2) is 17.9 Å². The molecule has 0 bridgehead atoms. The summed E-state index contributed by atoms with van der Waals surface area (Å²) >= 11 is 0. The molecule has 6 heteroatoms. The highest BCUT2D eigenvalue weighted by Gasteiger charge is 2.34. The van der Waals surface area contributed by atoms with E-state index in [-0.39, 0.29) is 11.1 Å². The van der Waals surface area contributed by atoms with Crippen LogP contribution in [0.4, 0.5) is 19.0 Å². The molecule has 0 amide bonds. The summed E-state index contributed by atoms with van der Waals surface area (Å²) in [6.07, 6.45) is 2.67. The second-order valence-corrected chi connectivity index (χ2v) is 6.07. The molecule has 1 heterocycles. The van der Waals surface area contributed by atoms with Crippen LogP contribution in [-0.2, 0) is 11.8 Å². The van der Waals surface area contributed by atoms with Crippen molar-refractivity contribution in [3.63, 3.8) is 0 Å². The van der Waals surface area contributed by atoms with Gasteiger partial charge in [-0.2, -0.15) is 5.10 Å². The maximum Gasteiger partial charge on any atom is 0.161 e. The Morgan fingerprint density at radius 2 is 1.81 bits per heavy atom. The highest BCUT2D eigenvalue weighted by atomic mass is 19.2. The number of benzene rings is 1. The average Bonchev–Trinajstić information content (AvgIpc) is 2.72. The zero-order valence-electron chi connectivity index (χ0n) is 11.9. The quantitative estimate of drug-likeness (QED) is 0.818. The third-order valence-corrected chi connectivity index (χ3v) is 4.10. The smallest absolute Gasteiger partial charge is 0.161 e. The summed E-state index contributed by atoms with van der Waals surface area (Å²) in [6.45, 7) is 4.10. The summed E-state index contributed by atoms with van der Waals surface area (Å²) in [4.78, 5) is 0. The second-order valence-electron chi connectivity index (χ2n) is 6.07. The van der Waals surface area contributed by atoms with E-state index in [0.29, 0.717) is 11.9 Å². The molecule has 0 unspecified atom stereocenters. The van der Waals surface area contributed by atoms with Gasteiger partial charge in [0.2, 0.25) is 0 Å². The Hall–Kier alpha value is -1.98. The number of rotatable bonds is 1. The first-order valence-electron chi connectivity index (χ1n) is 6.84. The number of aromatic nitrogens is 2. The van der Waals surface area contributed by atoms with Crippen molar-refractivity contribution in [2.45, 2.75) is 38.5 Å². The van der Waals surface area contributed by atoms with Gasteiger partial charge in [-0.1, -0.05) is 13.8 Å². The first-order valence-corrected chi connectivity index (χ1v) is 6.84. The second kappa shape index (κ2) is 4.51. The lowest BCUT2D eigenvalue weighted by molar-refractivity contribution is 0.432. The molecule has 0 fully saturated rings. The first-order chi connectivity index (χ1) is 9.81. The molecule has 0 saturated carbocycles. The van der Waals surface area contributed by atoms with Crippen molar-refractivity contribution in [1.29, 1.82) is 0 Å². The largest absolute Gasteiger partial charge is 0.383 e. The van der Waals surface area contributed by atoms with Gasteiger partial charge in [0.05, 0.1) is 5.69 Å². The van der Waals surface area contributed by atoms with E-state index in [2.05, 4.69) is 18.9 Å². The van der Waals surface area contributed by atoms with Crippen LogP contribution in [0.3, 0.4) is 0 Å². The minimum atomic E-state index is -1.23. The third kappa shape index (κ3) is 2.09. The van der Waals surface area contributed by atoms with E-state index in [1.54, 1.807) is 0 Å². The van der Waals surface area contributed by atoms with E-state index in [4.69, 9.17) is 5.73 Å². The molecular formula is C15H16F3N3. The van der Waals surface area contributed by atoms with E-state index in [9.17, 15) is 13.2 Å². The van der Waals surface area contributed by atoms with Gasteiger partial charge in [0.25, 0.3) is 0 Å². The Balaban J connectivity index is 2.22. The van der Waals surface area contributed by atoms with Crippen molar-refractivity contribution in [1.82, 2.24) is 9.78 Å². The molecule has 1 aliphatic rings. The van der Waals surface area contributed by atoms with Gasteiger partial charge in [-0.05, 0) is 24.7 Å². The maximum atomic E-state index is 13.9. The number of fused-ring (bicyclic) bond motifs is 1. The van der Waals surface area contributed by atoms with Crippen molar-refractivity contribution in [2.24, 2.45) is 0 Å². The van der Waals surface area contributed by atoms with E-state index in [1.807, 2.05) is 0 Å². The van der Waals surface area contributed by atoms with Gasteiger partial charge in [0, 0.05) is 17.7 Å². The van der Waals surface area contributed by atoms with Gasteiger partial charge in [0.1, 0.15) is 11.5 Å². The zero-order chi connectivity index (χ0) is 15.4. The molecular weight excluding hydrogens is 279 g/mol.